The van der Waals surface area contributed by atoms with Crippen molar-refractivity contribution in [3.05, 3.63) is 81.9 Å². The summed E-state index contributed by atoms with van der Waals surface area (Å²) in [7, 11) is 0. The molecule has 0 aliphatic heterocycles. The molecule has 0 amide bonds. The minimum absolute atomic E-state index is 0.206. The first-order valence-electron chi connectivity index (χ1n) is 7.33. The summed E-state index contributed by atoms with van der Waals surface area (Å²) in [6.07, 6.45) is 2.23. The third-order valence-electron chi connectivity index (χ3n) is 4.33. The second-order valence-electron chi connectivity index (χ2n) is 5.59. The molecule has 1 aliphatic rings. The average Bonchev–Trinajstić information content (AvgIpc) is 3.04. The first-order chi connectivity index (χ1) is 10.4. The Hall–Kier alpha value is -1.70. The molecule has 0 saturated carbocycles. The molecule has 2 atom stereocenters. The molecule has 0 saturated heterocycles. The van der Waals surface area contributed by atoms with Crippen LogP contribution in [0.3, 0.4) is 0 Å². The molecule has 0 radical (unpaired) electrons. The summed E-state index contributed by atoms with van der Waals surface area (Å²) in [5, 5.41) is 4.44. The summed E-state index contributed by atoms with van der Waals surface area (Å²) in [4.78, 5) is 0. The van der Waals surface area contributed by atoms with Crippen LogP contribution in [0.5, 0.6) is 0 Å². The van der Waals surface area contributed by atoms with Gasteiger partial charge in [0.05, 0.1) is 0 Å². The van der Waals surface area contributed by atoms with E-state index in [1.807, 2.05) is 0 Å². The summed E-state index contributed by atoms with van der Waals surface area (Å²) in [5.41, 5.74) is 4.10. The summed E-state index contributed by atoms with van der Waals surface area (Å²) in [5.74, 6) is 1.05. The van der Waals surface area contributed by atoms with E-state index in [9.17, 15) is 0 Å². The molecule has 1 heterocycles. The van der Waals surface area contributed by atoms with Crippen LogP contribution >= 0.6 is 0 Å². The first-order valence-corrected chi connectivity index (χ1v) is 8.95. The molecule has 2 nitrogen and oxygen atoms in total. The van der Waals surface area contributed by atoms with E-state index in [0.29, 0.717) is 11.8 Å². The maximum atomic E-state index is 4.44. The maximum absolute atomic E-state index is 4.44. The van der Waals surface area contributed by atoms with Gasteiger partial charge in [0.25, 0.3) is 0 Å². The van der Waals surface area contributed by atoms with Gasteiger partial charge in [-0.05, 0) is 0 Å². The third-order valence-corrected chi connectivity index (χ3v) is 6.18. The number of aromatic nitrogens is 2. The van der Waals surface area contributed by atoms with Crippen LogP contribution in [0, 0.1) is 0 Å². The van der Waals surface area contributed by atoms with Crippen LogP contribution in [0.4, 0.5) is 0 Å². The van der Waals surface area contributed by atoms with Crippen LogP contribution in [0.1, 0.15) is 39.5 Å². The first kappa shape index (κ1) is 13.0. The topological polar surface area (TPSA) is 25.8 Å². The summed E-state index contributed by atoms with van der Waals surface area (Å²) in [6, 6.07) is 21.7. The van der Waals surface area contributed by atoms with Gasteiger partial charge >= 0.3 is 131 Å². The number of fused-ring (bicyclic) bond motifs is 1. The minimum atomic E-state index is 0.206. The fraction of sp³-hybridized carbons (Fsp3) is 0.222. The monoisotopic (exact) mass is 340 g/mol. The normalized spacial score (nSPS) is 21.0. The van der Waals surface area contributed by atoms with Crippen molar-refractivity contribution in [1.82, 2.24) is 9.19 Å². The Morgan fingerprint density at radius 3 is 2.24 bits per heavy atom. The molecule has 1 aliphatic carbocycles. The van der Waals surface area contributed by atoms with Gasteiger partial charge in [0.15, 0.2) is 0 Å². The van der Waals surface area contributed by atoms with E-state index >= 15 is 0 Å². The zero-order valence-electron chi connectivity index (χ0n) is 11.6. The van der Waals surface area contributed by atoms with Gasteiger partial charge in [-0.1, -0.05) is 0 Å². The van der Waals surface area contributed by atoms with Crippen molar-refractivity contribution in [2.75, 3.05) is 0 Å². The quantitative estimate of drug-likeness (QED) is 0.669. The summed E-state index contributed by atoms with van der Waals surface area (Å²) >= 11 is 0.206. The summed E-state index contributed by atoms with van der Waals surface area (Å²) in [6.45, 7) is 0. The number of hydrogen-bond acceptors (Lipinski definition) is 2. The van der Waals surface area contributed by atoms with Crippen LogP contribution in [-0.4, -0.2) is 23.9 Å². The molecule has 1 aromatic heterocycles. The van der Waals surface area contributed by atoms with E-state index in [4.69, 9.17) is 0 Å². The predicted molar refractivity (Wildman–Crippen MR) is 84.8 cm³/mol. The fourth-order valence-electron chi connectivity index (χ4n) is 3.28. The van der Waals surface area contributed by atoms with Crippen LogP contribution < -0.4 is 0 Å². The number of nitrogens with zero attached hydrogens (tertiary/aromatic N) is 2. The van der Waals surface area contributed by atoms with E-state index in [-0.39, 0.29) is 14.7 Å². The Morgan fingerprint density at radius 2 is 1.52 bits per heavy atom. The van der Waals surface area contributed by atoms with Crippen LogP contribution in [0.15, 0.2) is 60.7 Å². The van der Waals surface area contributed by atoms with Gasteiger partial charge in [-0.2, -0.15) is 0 Å². The van der Waals surface area contributed by atoms with Crippen LogP contribution in [0.25, 0.3) is 0 Å². The van der Waals surface area contributed by atoms with Gasteiger partial charge in [0.2, 0.25) is 0 Å². The van der Waals surface area contributed by atoms with E-state index in [1.165, 1.54) is 27.7 Å². The van der Waals surface area contributed by atoms with Crippen LogP contribution in [-0.2, 0) is 6.42 Å². The van der Waals surface area contributed by atoms with Crippen molar-refractivity contribution in [2.45, 2.75) is 24.7 Å². The molecular weight excluding hydrogens is 323 g/mol. The van der Waals surface area contributed by atoms with E-state index in [2.05, 4.69) is 69.9 Å². The van der Waals surface area contributed by atoms with Gasteiger partial charge in [-0.3, -0.25) is 0 Å². The van der Waals surface area contributed by atoms with Crippen molar-refractivity contribution < 1.29 is 0 Å². The molecule has 0 N–H and O–H groups in total. The fourth-order valence-corrected chi connectivity index (χ4v) is 4.99. The predicted octanol–water partition coefficient (Wildman–Crippen LogP) is 3.40. The SMILES string of the molecule is c1ccc(C2Cc3nn[se]c3C(c3ccccc3)C2)cc1. The Kier molecular flexibility index (Phi) is 3.46. The van der Waals surface area contributed by atoms with Crippen molar-refractivity contribution >= 4 is 14.7 Å². The molecule has 2 aromatic carbocycles. The molecule has 104 valence electrons. The molecule has 0 spiro atoms. The Balaban J connectivity index is 1.74. The molecule has 21 heavy (non-hydrogen) atoms. The van der Waals surface area contributed by atoms with E-state index in [0.717, 1.165) is 6.42 Å². The number of benzene rings is 2. The Bertz CT molecular complexity index is 721. The molecule has 2 unspecified atom stereocenters. The standard InChI is InChI=1S/C18H16N2Se/c1-3-7-13(8-4-1)15-11-16(14-9-5-2-6-10-14)18-17(12-15)19-20-21-18/h1-10,15-16H,11-12H2. The zero-order chi connectivity index (χ0) is 14.1. The van der Waals surface area contributed by atoms with Gasteiger partial charge in [-0.15, -0.1) is 0 Å². The molecular formula is C18H16N2Se. The third kappa shape index (κ3) is 2.48. The van der Waals surface area contributed by atoms with Crippen molar-refractivity contribution in [3.8, 4) is 0 Å². The average molecular weight is 339 g/mol. The number of rotatable bonds is 2. The van der Waals surface area contributed by atoms with Gasteiger partial charge in [0.1, 0.15) is 0 Å². The van der Waals surface area contributed by atoms with E-state index < -0.39 is 0 Å². The summed E-state index contributed by atoms with van der Waals surface area (Å²) < 4.78 is 5.85. The second kappa shape index (κ2) is 5.59. The van der Waals surface area contributed by atoms with Crippen molar-refractivity contribution in [1.29, 1.82) is 0 Å². The number of hydrogen-bond donors (Lipinski definition) is 0. The molecule has 0 bridgehead atoms. The van der Waals surface area contributed by atoms with E-state index in [1.54, 1.807) is 0 Å². The van der Waals surface area contributed by atoms with Crippen molar-refractivity contribution in [3.63, 3.8) is 0 Å². The van der Waals surface area contributed by atoms with Gasteiger partial charge < -0.3 is 0 Å². The molecule has 3 heteroatoms. The molecule has 4 rings (SSSR count). The Morgan fingerprint density at radius 1 is 0.857 bits per heavy atom. The van der Waals surface area contributed by atoms with Gasteiger partial charge in [-0.25, -0.2) is 0 Å². The molecule has 3 aromatic rings. The Labute approximate surface area is 130 Å². The van der Waals surface area contributed by atoms with Crippen LogP contribution in [0.2, 0.25) is 0 Å². The van der Waals surface area contributed by atoms with Gasteiger partial charge in [0, 0.05) is 0 Å². The second-order valence-corrected chi connectivity index (χ2v) is 7.24. The zero-order valence-corrected chi connectivity index (χ0v) is 13.4. The molecule has 0 fully saturated rings. The van der Waals surface area contributed by atoms with Crippen molar-refractivity contribution in [2.24, 2.45) is 0 Å².